The van der Waals surface area contributed by atoms with Gasteiger partial charge in [-0.3, -0.25) is 4.99 Å². The summed E-state index contributed by atoms with van der Waals surface area (Å²) in [5.74, 6) is 1.37. The van der Waals surface area contributed by atoms with Gasteiger partial charge in [-0.25, -0.2) is 9.78 Å². The first-order valence-electron chi connectivity index (χ1n) is 9.52. The van der Waals surface area contributed by atoms with Gasteiger partial charge in [0.1, 0.15) is 0 Å². The highest BCUT2D eigenvalue weighted by Crippen LogP contribution is 2.12. The third-order valence-electron chi connectivity index (χ3n) is 4.20. The quantitative estimate of drug-likeness (QED) is 0.351. The van der Waals surface area contributed by atoms with E-state index in [2.05, 4.69) is 20.6 Å². The van der Waals surface area contributed by atoms with Gasteiger partial charge in [0.05, 0.1) is 12.7 Å². The molecule has 0 aromatic carbocycles. The lowest BCUT2D eigenvalue weighted by molar-refractivity contribution is 0.0963. The standard InChI is InChI=1S/C19H31N5O3.HI/c1-5-26-19(25)24-10-8-16(9-11-24)23-18(20-4)22-13-15-6-7-17(21-12-15)27-14(2)3;/h6-7,12,14,16H,5,8-11,13H2,1-4H3,(H2,20,22,23);1H. The number of guanidine groups is 1. The Morgan fingerprint density at radius 1 is 1.36 bits per heavy atom. The van der Waals surface area contributed by atoms with Crippen LogP contribution in [0.5, 0.6) is 5.88 Å². The third kappa shape index (κ3) is 8.07. The number of aliphatic imine (C=N–C) groups is 1. The molecule has 0 atom stereocenters. The van der Waals surface area contributed by atoms with Crippen LogP contribution in [0, 0.1) is 0 Å². The van der Waals surface area contributed by atoms with Gasteiger partial charge < -0.3 is 25.0 Å². The molecule has 8 nitrogen and oxygen atoms in total. The van der Waals surface area contributed by atoms with Gasteiger partial charge in [-0.15, -0.1) is 24.0 Å². The maximum absolute atomic E-state index is 11.8. The predicted octanol–water partition coefficient (Wildman–Crippen LogP) is 2.77. The number of amides is 1. The molecule has 28 heavy (non-hydrogen) atoms. The van der Waals surface area contributed by atoms with Gasteiger partial charge in [0.15, 0.2) is 5.96 Å². The first-order valence-corrected chi connectivity index (χ1v) is 9.52. The van der Waals surface area contributed by atoms with E-state index >= 15 is 0 Å². The number of piperidine rings is 1. The van der Waals surface area contributed by atoms with E-state index in [1.165, 1.54) is 0 Å². The van der Waals surface area contributed by atoms with E-state index < -0.39 is 0 Å². The first kappa shape index (κ1) is 24.3. The van der Waals surface area contributed by atoms with E-state index in [-0.39, 0.29) is 42.2 Å². The number of hydrogen-bond acceptors (Lipinski definition) is 5. The summed E-state index contributed by atoms with van der Waals surface area (Å²) in [6.07, 6.45) is 3.41. The highest BCUT2D eigenvalue weighted by Gasteiger charge is 2.23. The minimum Gasteiger partial charge on any atom is -0.475 e. The summed E-state index contributed by atoms with van der Waals surface area (Å²) in [6.45, 7) is 8.18. The van der Waals surface area contributed by atoms with Crippen LogP contribution < -0.4 is 15.4 Å². The summed E-state index contributed by atoms with van der Waals surface area (Å²) in [5.41, 5.74) is 1.05. The van der Waals surface area contributed by atoms with E-state index in [0.717, 1.165) is 24.4 Å². The fourth-order valence-electron chi connectivity index (χ4n) is 2.82. The van der Waals surface area contributed by atoms with Crippen LogP contribution in [0.3, 0.4) is 0 Å². The predicted molar refractivity (Wildman–Crippen MR) is 120 cm³/mol. The molecule has 0 saturated carbocycles. The second-order valence-corrected chi connectivity index (χ2v) is 6.70. The van der Waals surface area contributed by atoms with Crippen LogP contribution in [0.15, 0.2) is 23.3 Å². The molecule has 9 heteroatoms. The molecule has 1 amide bonds. The van der Waals surface area contributed by atoms with Crippen LogP contribution in [0.4, 0.5) is 4.79 Å². The number of hydrogen-bond donors (Lipinski definition) is 2. The zero-order chi connectivity index (χ0) is 19.6. The number of nitrogens with one attached hydrogen (secondary N) is 2. The molecule has 1 aromatic rings. The summed E-state index contributed by atoms with van der Waals surface area (Å²) in [6, 6.07) is 4.14. The van der Waals surface area contributed by atoms with E-state index in [9.17, 15) is 4.79 Å². The average Bonchev–Trinajstić information content (AvgIpc) is 2.66. The maximum atomic E-state index is 11.8. The van der Waals surface area contributed by atoms with Gasteiger partial charge in [-0.1, -0.05) is 6.07 Å². The van der Waals surface area contributed by atoms with Crippen LogP contribution in [0.25, 0.3) is 0 Å². The summed E-state index contributed by atoms with van der Waals surface area (Å²) in [4.78, 5) is 22.1. The van der Waals surface area contributed by atoms with Crippen molar-refractivity contribution in [3.8, 4) is 5.88 Å². The van der Waals surface area contributed by atoms with Crippen molar-refractivity contribution in [2.45, 2.75) is 52.3 Å². The average molecular weight is 505 g/mol. The second kappa shape index (κ2) is 12.6. The lowest BCUT2D eigenvalue weighted by Crippen LogP contribution is -2.49. The van der Waals surface area contributed by atoms with E-state index in [1.807, 2.05) is 32.9 Å². The minimum atomic E-state index is -0.226. The van der Waals surface area contributed by atoms with Gasteiger partial charge in [-0.2, -0.15) is 0 Å². The van der Waals surface area contributed by atoms with Gasteiger partial charge in [0.25, 0.3) is 0 Å². The Morgan fingerprint density at radius 3 is 2.61 bits per heavy atom. The van der Waals surface area contributed by atoms with Crippen molar-refractivity contribution in [1.29, 1.82) is 0 Å². The molecular weight excluding hydrogens is 473 g/mol. The SMILES string of the molecule is CCOC(=O)N1CCC(NC(=NC)NCc2ccc(OC(C)C)nc2)CC1.I. The molecule has 1 aliphatic heterocycles. The Bertz CT molecular complexity index is 617. The molecule has 1 saturated heterocycles. The molecule has 0 spiro atoms. The number of ether oxygens (including phenoxy) is 2. The van der Waals surface area contributed by atoms with E-state index in [0.29, 0.717) is 32.1 Å². The molecule has 1 aliphatic rings. The van der Waals surface area contributed by atoms with Gasteiger partial charge in [-0.05, 0) is 39.2 Å². The topological polar surface area (TPSA) is 88.1 Å². The van der Waals surface area contributed by atoms with Crippen molar-refractivity contribution in [3.63, 3.8) is 0 Å². The Balaban J connectivity index is 0.00000392. The van der Waals surface area contributed by atoms with Crippen LogP contribution in [-0.2, 0) is 11.3 Å². The first-order chi connectivity index (χ1) is 13.0. The van der Waals surface area contributed by atoms with Gasteiger partial charge in [0.2, 0.25) is 5.88 Å². The number of pyridine rings is 1. The fraction of sp³-hybridized carbons (Fsp3) is 0.632. The maximum Gasteiger partial charge on any atom is 0.409 e. The largest absolute Gasteiger partial charge is 0.475 e. The zero-order valence-electron chi connectivity index (χ0n) is 17.1. The lowest BCUT2D eigenvalue weighted by atomic mass is 10.1. The molecule has 2 heterocycles. The van der Waals surface area contributed by atoms with Crippen LogP contribution in [0.1, 0.15) is 39.2 Å². The monoisotopic (exact) mass is 505 g/mol. The molecule has 1 aromatic heterocycles. The van der Waals surface area contributed by atoms with Crippen LogP contribution >= 0.6 is 24.0 Å². The summed E-state index contributed by atoms with van der Waals surface area (Å²) < 4.78 is 10.6. The molecular formula is C19H32IN5O3. The highest BCUT2D eigenvalue weighted by atomic mass is 127. The van der Waals surface area contributed by atoms with Crippen LogP contribution in [0.2, 0.25) is 0 Å². The van der Waals surface area contributed by atoms with Crippen molar-refractivity contribution < 1.29 is 14.3 Å². The molecule has 1 fully saturated rings. The molecule has 0 bridgehead atoms. The number of aromatic nitrogens is 1. The van der Waals surface area contributed by atoms with Crippen molar-refractivity contribution in [2.75, 3.05) is 26.7 Å². The van der Waals surface area contributed by atoms with Crippen LogP contribution in [-0.4, -0.2) is 60.8 Å². The van der Waals surface area contributed by atoms with E-state index in [1.54, 1.807) is 18.1 Å². The number of likely N-dealkylation sites (tertiary alicyclic amines) is 1. The highest BCUT2D eigenvalue weighted by molar-refractivity contribution is 14.0. The summed E-state index contributed by atoms with van der Waals surface area (Å²) in [7, 11) is 1.75. The fourth-order valence-corrected chi connectivity index (χ4v) is 2.82. The Morgan fingerprint density at radius 2 is 2.07 bits per heavy atom. The van der Waals surface area contributed by atoms with Crippen molar-refractivity contribution >= 4 is 36.0 Å². The molecule has 0 unspecified atom stereocenters. The number of carbonyl (C=O) groups excluding carboxylic acids is 1. The number of halogens is 1. The van der Waals surface area contributed by atoms with Gasteiger partial charge in [0, 0.05) is 45.0 Å². The third-order valence-corrected chi connectivity index (χ3v) is 4.20. The summed E-state index contributed by atoms with van der Waals surface area (Å²) >= 11 is 0. The molecule has 0 aliphatic carbocycles. The number of nitrogens with zero attached hydrogens (tertiary/aromatic N) is 3. The molecule has 2 N–H and O–H groups in total. The number of carbonyl (C=O) groups is 1. The molecule has 0 radical (unpaired) electrons. The minimum absolute atomic E-state index is 0. The summed E-state index contributed by atoms with van der Waals surface area (Å²) in [5, 5.41) is 6.72. The van der Waals surface area contributed by atoms with Crippen molar-refractivity contribution in [3.05, 3.63) is 23.9 Å². The lowest BCUT2D eigenvalue weighted by Gasteiger charge is -2.32. The second-order valence-electron chi connectivity index (χ2n) is 6.70. The zero-order valence-corrected chi connectivity index (χ0v) is 19.4. The van der Waals surface area contributed by atoms with Crippen molar-refractivity contribution in [1.82, 2.24) is 20.5 Å². The van der Waals surface area contributed by atoms with Gasteiger partial charge >= 0.3 is 6.09 Å². The Hall–Kier alpha value is -1.78. The van der Waals surface area contributed by atoms with E-state index in [4.69, 9.17) is 9.47 Å². The molecule has 158 valence electrons. The smallest absolute Gasteiger partial charge is 0.409 e. The normalized spacial score (nSPS) is 15.0. The number of rotatable bonds is 6. The molecule has 2 rings (SSSR count). The Kier molecular flexibility index (Phi) is 10.9. The van der Waals surface area contributed by atoms with Crippen molar-refractivity contribution in [2.24, 2.45) is 4.99 Å². The Labute approximate surface area is 184 Å².